The van der Waals surface area contributed by atoms with E-state index in [0.29, 0.717) is 71.5 Å². The van der Waals surface area contributed by atoms with Crippen molar-refractivity contribution < 1.29 is 29.1 Å². The Bertz CT molecular complexity index is 3040. The molecule has 2 amide bonds. The molecule has 356 valence electrons. The molecule has 0 unspecified atom stereocenters. The summed E-state index contributed by atoms with van der Waals surface area (Å²) >= 11 is 3.31. The van der Waals surface area contributed by atoms with Crippen molar-refractivity contribution in [1.29, 1.82) is 0 Å². The fourth-order valence-corrected chi connectivity index (χ4v) is 7.67. The molecule has 8 heterocycles. The second-order valence-electron chi connectivity index (χ2n) is 16.1. The Kier molecular flexibility index (Phi) is 16.4. The fourth-order valence-electron chi connectivity index (χ4n) is 7.44. The summed E-state index contributed by atoms with van der Waals surface area (Å²) in [5.74, 6) is 2.26. The first-order chi connectivity index (χ1) is 34.1. The van der Waals surface area contributed by atoms with Crippen LogP contribution >= 0.6 is 15.9 Å². The third kappa shape index (κ3) is 12.5. The first-order valence-electron chi connectivity index (χ1n) is 22.9. The molecule has 18 nitrogen and oxygen atoms in total. The maximum Gasteiger partial charge on any atom is 0.488 e. The van der Waals surface area contributed by atoms with E-state index in [1.54, 1.807) is 43.0 Å². The van der Waals surface area contributed by atoms with Gasteiger partial charge in [0, 0.05) is 46.9 Å². The number of anilines is 2. The molecular formula is C50H50BBrN12O6. The average Bonchev–Trinajstić information content (AvgIpc) is 4.07. The van der Waals surface area contributed by atoms with Crippen LogP contribution < -0.4 is 25.6 Å². The Hall–Kier alpha value is -7.68. The van der Waals surface area contributed by atoms with E-state index < -0.39 is 13.0 Å². The summed E-state index contributed by atoms with van der Waals surface area (Å²) in [5, 5.41) is 40.8. The summed E-state index contributed by atoms with van der Waals surface area (Å²) < 4.78 is 16.7. The number of aromatic nitrogens is 10. The monoisotopic (exact) mass is 1000 g/mol. The lowest BCUT2D eigenvalue weighted by Crippen LogP contribution is -2.31. The van der Waals surface area contributed by atoms with E-state index in [9.17, 15) is 19.6 Å². The van der Waals surface area contributed by atoms with E-state index in [0.717, 1.165) is 72.1 Å². The summed E-state index contributed by atoms with van der Waals surface area (Å²) in [5.41, 5.74) is 6.14. The molecule has 10 rings (SSSR count). The molecule has 0 fully saturated rings. The van der Waals surface area contributed by atoms with E-state index in [4.69, 9.17) is 9.47 Å². The number of ether oxygens (including phenoxy) is 2. The van der Waals surface area contributed by atoms with Crippen molar-refractivity contribution in [3.05, 3.63) is 149 Å². The van der Waals surface area contributed by atoms with E-state index >= 15 is 0 Å². The van der Waals surface area contributed by atoms with Crippen LogP contribution in [0.4, 0.5) is 11.6 Å². The quantitative estimate of drug-likeness (QED) is 0.127. The number of benzene rings is 2. The molecule has 6 aromatic heterocycles. The van der Waals surface area contributed by atoms with Crippen LogP contribution in [-0.2, 0) is 25.9 Å². The first kappa shape index (κ1) is 48.8. The van der Waals surface area contributed by atoms with Crippen molar-refractivity contribution in [3.63, 3.8) is 0 Å². The zero-order chi connectivity index (χ0) is 48.8. The van der Waals surface area contributed by atoms with Crippen molar-refractivity contribution in [2.75, 3.05) is 23.8 Å². The van der Waals surface area contributed by atoms with Crippen molar-refractivity contribution in [1.82, 2.24) is 49.5 Å². The Morgan fingerprint density at radius 3 is 1.67 bits per heavy atom. The van der Waals surface area contributed by atoms with Crippen LogP contribution in [0.15, 0.2) is 127 Å². The standard InChI is InChI=1S/C25H24N6O2.C18H18BN5O4.C7H8BrN/c1-2-19-10-8-18(15-26-19)17-9-11-22-20(14-17)25(32)29-23-7-5-6-21(28-23)24-30-27-16-31(24)12-3-4-13-33-22;25-18-13-10-12(19(26)27)6-7-15(13)28-9-2-1-8-24-11-20-23-17(24)14-4-3-5-16(21-14)22-18;1-2-7-4-3-6(8)5-9-7/h5-11,14-16H,2-4,12-13H2,1H3,(H,28,29,32);3-7,10-11,26-27H,1-2,8-9H2,(H,21,22,25);3-5H,2H2,1H3. The molecule has 0 atom stereocenters. The molecule has 0 radical (unpaired) electrons. The van der Waals surface area contributed by atoms with Gasteiger partial charge in [-0.25, -0.2) is 9.97 Å². The van der Waals surface area contributed by atoms with Gasteiger partial charge in [0.1, 0.15) is 47.2 Å². The normalized spacial score (nSPS) is 13.4. The molecule has 0 spiro atoms. The van der Waals surface area contributed by atoms with Gasteiger partial charge >= 0.3 is 7.12 Å². The van der Waals surface area contributed by atoms with Gasteiger partial charge in [0.15, 0.2) is 11.6 Å². The minimum Gasteiger partial charge on any atom is -0.493 e. The third-order valence-corrected chi connectivity index (χ3v) is 11.7. The molecule has 20 heteroatoms. The van der Waals surface area contributed by atoms with Crippen molar-refractivity contribution in [3.8, 4) is 45.7 Å². The number of pyridine rings is 4. The van der Waals surface area contributed by atoms with Crippen LogP contribution in [-0.4, -0.2) is 91.7 Å². The minimum absolute atomic E-state index is 0.202. The maximum absolute atomic E-state index is 13.3. The van der Waals surface area contributed by atoms with Crippen LogP contribution in [0.2, 0.25) is 0 Å². The van der Waals surface area contributed by atoms with Crippen LogP contribution in [0, 0.1) is 0 Å². The molecule has 2 aliphatic heterocycles. The van der Waals surface area contributed by atoms with Crippen molar-refractivity contribution in [2.24, 2.45) is 0 Å². The summed E-state index contributed by atoms with van der Waals surface area (Å²) in [6.07, 6.45) is 12.2. The summed E-state index contributed by atoms with van der Waals surface area (Å²) in [6.45, 7) is 6.57. The third-order valence-electron chi connectivity index (χ3n) is 11.2. The number of nitrogens with zero attached hydrogens (tertiary/aromatic N) is 10. The molecule has 2 aliphatic rings. The van der Waals surface area contributed by atoms with Crippen LogP contribution in [0.25, 0.3) is 34.2 Å². The van der Waals surface area contributed by atoms with E-state index in [1.165, 1.54) is 12.1 Å². The smallest absolute Gasteiger partial charge is 0.488 e. The number of aryl methyl sites for hydroxylation is 4. The summed E-state index contributed by atoms with van der Waals surface area (Å²) in [4.78, 5) is 43.8. The highest BCUT2D eigenvalue weighted by Crippen LogP contribution is 2.29. The SMILES string of the molecule is CCc1ccc(-c2ccc3c(c2)C(=O)Nc2cccc(n2)-c2nncn2CCCCO3)cn1.CCc1ccc(Br)cn1.O=C1Nc2cccc(n2)-c2nncn2CCCCOc2ccc(B(O)O)cc21. The molecule has 4 bridgehead atoms. The predicted molar refractivity (Wildman–Crippen MR) is 269 cm³/mol. The second-order valence-corrected chi connectivity index (χ2v) is 17.0. The number of fused-ring (bicyclic) bond motifs is 10. The number of amides is 2. The van der Waals surface area contributed by atoms with Gasteiger partial charge in [0.2, 0.25) is 0 Å². The van der Waals surface area contributed by atoms with Crippen LogP contribution in [0.1, 0.15) is 71.6 Å². The maximum atomic E-state index is 13.3. The molecule has 0 saturated carbocycles. The molecule has 0 aliphatic carbocycles. The zero-order valence-electron chi connectivity index (χ0n) is 38.6. The lowest BCUT2D eigenvalue weighted by molar-refractivity contribution is 0.101. The Labute approximate surface area is 412 Å². The van der Waals surface area contributed by atoms with E-state index in [-0.39, 0.29) is 16.9 Å². The highest BCUT2D eigenvalue weighted by Gasteiger charge is 2.21. The highest BCUT2D eigenvalue weighted by molar-refractivity contribution is 9.10. The van der Waals surface area contributed by atoms with Gasteiger partial charge in [-0.1, -0.05) is 44.2 Å². The average molecular weight is 1010 g/mol. The number of carbonyl (C=O) groups is 2. The van der Waals surface area contributed by atoms with Gasteiger partial charge in [0.25, 0.3) is 11.8 Å². The molecule has 70 heavy (non-hydrogen) atoms. The number of carbonyl (C=O) groups excluding carboxylic acids is 2. The molecule has 2 aromatic carbocycles. The van der Waals surface area contributed by atoms with Gasteiger partial charge in [-0.3, -0.25) is 19.6 Å². The van der Waals surface area contributed by atoms with Gasteiger partial charge in [-0.2, -0.15) is 0 Å². The molecule has 8 aromatic rings. The zero-order valence-corrected chi connectivity index (χ0v) is 40.2. The topological polar surface area (TPSA) is 230 Å². The van der Waals surface area contributed by atoms with Crippen LogP contribution in [0.3, 0.4) is 0 Å². The van der Waals surface area contributed by atoms with Gasteiger partial charge < -0.3 is 39.3 Å². The lowest BCUT2D eigenvalue weighted by Gasteiger charge is -2.15. The number of rotatable bonds is 4. The van der Waals surface area contributed by atoms with Gasteiger partial charge in [0.05, 0.1) is 24.3 Å². The fraction of sp³-hybridized carbons (Fsp3) is 0.240. The molecule has 0 saturated heterocycles. The van der Waals surface area contributed by atoms with Crippen molar-refractivity contribution >= 4 is 52.0 Å². The van der Waals surface area contributed by atoms with Crippen molar-refractivity contribution in [2.45, 2.75) is 65.5 Å². The summed E-state index contributed by atoms with van der Waals surface area (Å²) in [6, 6.07) is 28.9. The van der Waals surface area contributed by atoms with E-state index in [2.05, 4.69) is 80.7 Å². The first-order valence-corrected chi connectivity index (χ1v) is 23.7. The second kappa shape index (κ2) is 23.6. The largest absolute Gasteiger partial charge is 0.493 e. The molecule has 4 N–H and O–H groups in total. The van der Waals surface area contributed by atoms with Gasteiger partial charge in [-0.15, -0.1) is 20.4 Å². The van der Waals surface area contributed by atoms with Gasteiger partial charge in [-0.05, 0) is 132 Å². The Morgan fingerprint density at radius 1 is 0.629 bits per heavy atom. The predicted octanol–water partition coefficient (Wildman–Crippen LogP) is 7.24. The summed E-state index contributed by atoms with van der Waals surface area (Å²) in [7, 11) is -1.68. The number of hydrogen-bond acceptors (Lipinski definition) is 14. The lowest BCUT2D eigenvalue weighted by atomic mass is 9.79. The number of hydrogen-bond donors (Lipinski definition) is 4. The van der Waals surface area contributed by atoms with Crippen LogP contribution in [0.5, 0.6) is 11.5 Å². The number of halogens is 1. The number of nitrogens with one attached hydrogen (secondary N) is 2. The highest BCUT2D eigenvalue weighted by atomic mass is 79.9. The Balaban J connectivity index is 0.000000161. The minimum atomic E-state index is -1.68. The van der Waals surface area contributed by atoms with E-state index in [1.807, 2.05) is 76.1 Å². The molecular weight excluding hydrogens is 955 g/mol. The Morgan fingerprint density at radius 2 is 1.16 bits per heavy atom.